The van der Waals surface area contributed by atoms with E-state index in [4.69, 9.17) is 0 Å². The van der Waals surface area contributed by atoms with Crippen LogP contribution in [0.4, 0.5) is 0 Å². The van der Waals surface area contributed by atoms with Crippen molar-refractivity contribution in [2.45, 2.75) is 6.10 Å². The quantitative estimate of drug-likeness (QED) is 0.397. The summed E-state index contributed by atoms with van der Waals surface area (Å²) in [6, 6.07) is 0. The molecule has 0 aliphatic carbocycles. The summed E-state index contributed by atoms with van der Waals surface area (Å²) in [5, 5.41) is 22.0. The Morgan fingerprint density at radius 3 is 2.46 bits per heavy atom. The van der Waals surface area contributed by atoms with Crippen molar-refractivity contribution in [3.63, 3.8) is 0 Å². The minimum atomic E-state index is -0.199. The zero-order valence-corrected chi connectivity index (χ0v) is 7.72. The fourth-order valence-electron chi connectivity index (χ4n) is 3.29. The van der Waals surface area contributed by atoms with Crippen LogP contribution in [0.3, 0.4) is 0 Å². The predicted molar refractivity (Wildman–Crippen MR) is 47.7 cm³/mol. The zero-order chi connectivity index (χ0) is 9.05. The number of quaternary nitrogens is 1. The summed E-state index contributed by atoms with van der Waals surface area (Å²) >= 11 is 0. The van der Waals surface area contributed by atoms with Gasteiger partial charge in [-0.2, -0.15) is 0 Å². The number of rotatable bonds is 0. The van der Waals surface area contributed by atoms with Crippen LogP contribution in [0.5, 0.6) is 0 Å². The first-order valence-electron chi connectivity index (χ1n) is 5.14. The molecule has 4 fully saturated rings. The van der Waals surface area contributed by atoms with E-state index >= 15 is 0 Å². The van der Waals surface area contributed by atoms with Gasteiger partial charge in [0.2, 0.25) is 0 Å². The Labute approximate surface area is 77.9 Å². The minimum absolute atomic E-state index is 0.0388. The summed E-state index contributed by atoms with van der Waals surface area (Å²) in [5.41, 5.74) is 0. The predicted octanol–water partition coefficient (Wildman–Crippen LogP) is -0.763. The van der Waals surface area contributed by atoms with E-state index in [9.17, 15) is 10.3 Å². The Balaban J connectivity index is 1.96. The second kappa shape index (κ2) is 2.45. The van der Waals surface area contributed by atoms with E-state index in [1.807, 2.05) is 0 Å². The lowest BCUT2D eigenvalue weighted by atomic mass is 9.82. The van der Waals surface area contributed by atoms with E-state index in [2.05, 4.69) is 4.90 Å². The number of hydroxylamine groups is 3. The molecule has 13 heavy (non-hydrogen) atoms. The molecule has 4 nitrogen and oxygen atoms in total. The molecule has 0 spiro atoms. The lowest BCUT2D eigenvalue weighted by Crippen LogP contribution is -2.61. The molecule has 74 valence electrons. The molecule has 3 unspecified atom stereocenters. The fraction of sp³-hybridized carbons (Fsp3) is 1.00. The van der Waals surface area contributed by atoms with Crippen molar-refractivity contribution in [2.24, 2.45) is 11.8 Å². The summed E-state index contributed by atoms with van der Waals surface area (Å²) in [7, 11) is 0. The Kier molecular flexibility index (Phi) is 1.54. The SMILES string of the molecule is [O-][N+]12CCN3C[C@H](C1)C(O)[C@@H](C3)C2. The molecule has 0 saturated carbocycles. The monoisotopic (exact) mass is 184 g/mol. The highest BCUT2D eigenvalue weighted by Gasteiger charge is 2.48. The van der Waals surface area contributed by atoms with Gasteiger partial charge in [0.15, 0.2) is 0 Å². The van der Waals surface area contributed by atoms with Gasteiger partial charge in [0.05, 0.1) is 25.7 Å². The van der Waals surface area contributed by atoms with Gasteiger partial charge in [0, 0.05) is 31.5 Å². The van der Waals surface area contributed by atoms with Crippen LogP contribution in [0, 0.1) is 17.0 Å². The van der Waals surface area contributed by atoms with Gasteiger partial charge in [-0.05, 0) is 0 Å². The highest BCUT2D eigenvalue weighted by atomic mass is 16.5. The molecule has 4 heterocycles. The Hall–Kier alpha value is -0.160. The minimum Gasteiger partial charge on any atom is -0.633 e. The van der Waals surface area contributed by atoms with Crippen LogP contribution < -0.4 is 0 Å². The number of hydrogen-bond acceptors (Lipinski definition) is 3. The van der Waals surface area contributed by atoms with E-state index < -0.39 is 0 Å². The van der Waals surface area contributed by atoms with Crippen LogP contribution >= 0.6 is 0 Å². The zero-order valence-electron chi connectivity index (χ0n) is 7.72. The fourth-order valence-corrected chi connectivity index (χ4v) is 3.29. The molecule has 5 atom stereocenters. The number of nitrogens with zero attached hydrogens (tertiary/aromatic N) is 2. The molecule has 0 aromatic rings. The highest BCUT2D eigenvalue weighted by Crippen LogP contribution is 2.35. The molecule has 4 saturated heterocycles. The van der Waals surface area contributed by atoms with Crippen molar-refractivity contribution in [3.05, 3.63) is 5.21 Å². The second-order valence-electron chi connectivity index (χ2n) is 4.92. The number of fused-ring (bicyclic) bond motifs is 1. The Morgan fingerprint density at radius 2 is 1.85 bits per heavy atom. The third kappa shape index (κ3) is 1.13. The van der Waals surface area contributed by atoms with Crippen LogP contribution in [0.2, 0.25) is 0 Å². The highest BCUT2D eigenvalue weighted by molar-refractivity contribution is 4.92. The normalized spacial score (nSPS) is 59.5. The van der Waals surface area contributed by atoms with Gasteiger partial charge in [-0.25, -0.2) is 0 Å². The van der Waals surface area contributed by atoms with Gasteiger partial charge in [0.1, 0.15) is 0 Å². The van der Waals surface area contributed by atoms with Gasteiger partial charge in [0.25, 0.3) is 0 Å². The first kappa shape index (κ1) is 8.17. The van der Waals surface area contributed by atoms with E-state index in [0.717, 1.165) is 26.2 Å². The van der Waals surface area contributed by atoms with Crippen molar-refractivity contribution < 1.29 is 9.75 Å². The Bertz CT molecular complexity index is 218. The van der Waals surface area contributed by atoms with Crippen LogP contribution in [-0.4, -0.2) is 60.0 Å². The summed E-state index contributed by atoms with van der Waals surface area (Å²) < 4.78 is -0.0388. The van der Waals surface area contributed by atoms with E-state index in [-0.39, 0.29) is 22.6 Å². The molecule has 1 N–H and O–H groups in total. The van der Waals surface area contributed by atoms with Crippen LogP contribution in [-0.2, 0) is 0 Å². The van der Waals surface area contributed by atoms with Gasteiger partial charge >= 0.3 is 0 Å². The summed E-state index contributed by atoms with van der Waals surface area (Å²) in [4.78, 5) is 2.35. The maximum absolute atomic E-state index is 12.2. The number of aliphatic hydroxyl groups is 1. The molecule has 4 bridgehead atoms. The lowest BCUT2D eigenvalue weighted by molar-refractivity contribution is -0.890. The smallest absolute Gasteiger partial charge is 0.0913 e. The van der Waals surface area contributed by atoms with Crippen LogP contribution in [0.25, 0.3) is 0 Å². The molecular formula is C9H16N2O2. The lowest BCUT2D eigenvalue weighted by Gasteiger charge is -2.52. The van der Waals surface area contributed by atoms with Gasteiger partial charge < -0.3 is 15.0 Å². The molecular weight excluding hydrogens is 168 g/mol. The second-order valence-corrected chi connectivity index (χ2v) is 4.92. The van der Waals surface area contributed by atoms with E-state index in [1.54, 1.807) is 0 Å². The largest absolute Gasteiger partial charge is 0.633 e. The molecule has 4 aliphatic rings. The topological polar surface area (TPSA) is 46.5 Å². The number of aliphatic hydroxyl groups excluding tert-OH is 1. The first-order chi connectivity index (χ1) is 6.16. The molecule has 4 rings (SSSR count). The third-order valence-electron chi connectivity index (χ3n) is 3.91. The molecule has 0 aromatic heterocycles. The van der Waals surface area contributed by atoms with Crippen LogP contribution in [0.1, 0.15) is 0 Å². The summed E-state index contributed by atoms with van der Waals surface area (Å²) in [5.74, 6) is 0.486. The molecule has 0 radical (unpaired) electrons. The molecule has 0 amide bonds. The average molecular weight is 184 g/mol. The maximum atomic E-state index is 12.2. The van der Waals surface area contributed by atoms with Crippen molar-refractivity contribution in [2.75, 3.05) is 39.3 Å². The Morgan fingerprint density at radius 1 is 1.23 bits per heavy atom. The van der Waals surface area contributed by atoms with E-state index in [0.29, 0.717) is 13.1 Å². The van der Waals surface area contributed by atoms with Crippen LogP contribution in [0.15, 0.2) is 0 Å². The van der Waals surface area contributed by atoms with Crippen molar-refractivity contribution in [1.82, 2.24) is 4.90 Å². The number of hydrogen-bond donors (Lipinski definition) is 1. The van der Waals surface area contributed by atoms with Crippen molar-refractivity contribution in [1.29, 1.82) is 0 Å². The van der Waals surface area contributed by atoms with Crippen molar-refractivity contribution in [3.8, 4) is 0 Å². The summed E-state index contributed by atoms with van der Waals surface area (Å²) in [6.45, 7) is 4.85. The van der Waals surface area contributed by atoms with E-state index in [1.165, 1.54) is 0 Å². The first-order valence-corrected chi connectivity index (χ1v) is 5.14. The molecule has 0 aromatic carbocycles. The third-order valence-corrected chi connectivity index (χ3v) is 3.91. The summed E-state index contributed by atoms with van der Waals surface area (Å²) in [6.07, 6.45) is -0.199. The van der Waals surface area contributed by atoms with Gasteiger partial charge in [-0.3, -0.25) is 4.90 Å². The molecule has 4 heteroatoms. The number of piperidine rings is 2. The van der Waals surface area contributed by atoms with Gasteiger partial charge in [-0.15, -0.1) is 0 Å². The van der Waals surface area contributed by atoms with Gasteiger partial charge in [-0.1, -0.05) is 0 Å². The maximum Gasteiger partial charge on any atom is 0.0913 e. The van der Waals surface area contributed by atoms with Crippen molar-refractivity contribution >= 4 is 0 Å². The average Bonchev–Trinajstić information content (AvgIpc) is 2.26. The molecule has 4 aliphatic heterocycles. The standard InChI is InChI=1S/C9H16N2O2/c12-9-7-3-10-1-2-11(13,5-7)6-8(9)4-10/h7-9,12H,1-6H2/t7-,8+,9?,11?.